The van der Waals surface area contributed by atoms with Gasteiger partial charge in [0.1, 0.15) is 5.69 Å². The van der Waals surface area contributed by atoms with Crippen molar-refractivity contribution in [1.29, 1.82) is 0 Å². The molecule has 0 saturated heterocycles. The molecule has 0 aliphatic carbocycles. The van der Waals surface area contributed by atoms with Crippen LogP contribution in [-0.2, 0) is 4.79 Å². The van der Waals surface area contributed by atoms with Crippen LogP contribution in [0, 0.1) is 5.82 Å². The molecule has 1 aromatic carbocycles. The lowest BCUT2D eigenvalue weighted by Gasteiger charge is -2.11. The third-order valence-electron chi connectivity index (χ3n) is 1.80. The van der Waals surface area contributed by atoms with Crippen LogP contribution in [0.2, 0.25) is 0 Å². The van der Waals surface area contributed by atoms with E-state index in [1.165, 1.54) is 18.2 Å². The second-order valence-corrected chi connectivity index (χ2v) is 2.80. The molecule has 0 fully saturated rings. The number of hydrogen-bond acceptors (Lipinski definition) is 4. The van der Waals surface area contributed by atoms with E-state index in [1.54, 1.807) is 13.8 Å². The maximum absolute atomic E-state index is 13.8. The Bertz CT molecular complexity index is 414. The number of isocyanates is 1. The summed E-state index contributed by atoms with van der Waals surface area (Å²) < 4.78 is 24.1. The standard InChI is InChI=1S/C11H12FNO3/c1-3-15-9-6-5-8(13-7-14)10(12)11(9)16-4-2/h5-6H,3-4H2,1-2H3. The smallest absolute Gasteiger partial charge is 0.240 e. The van der Waals surface area contributed by atoms with Crippen LogP contribution < -0.4 is 9.47 Å². The number of benzene rings is 1. The van der Waals surface area contributed by atoms with E-state index in [0.717, 1.165) is 0 Å². The number of ether oxygens (including phenoxy) is 2. The molecule has 0 bridgehead atoms. The molecule has 0 atom stereocenters. The highest BCUT2D eigenvalue weighted by Crippen LogP contribution is 2.36. The third-order valence-corrected chi connectivity index (χ3v) is 1.80. The van der Waals surface area contributed by atoms with E-state index in [2.05, 4.69) is 4.99 Å². The minimum absolute atomic E-state index is 0.0270. The summed E-state index contributed by atoms with van der Waals surface area (Å²) in [7, 11) is 0. The molecule has 4 nitrogen and oxygen atoms in total. The van der Waals surface area contributed by atoms with E-state index < -0.39 is 5.82 Å². The fourth-order valence-corrected chi connectivity index (χ4v) is 1.21. The van der Waals surface area contributed by atoms with Crippen LogP contribution in [0.5, 0.6) is 11.5 Å². The van der Waals surface area contributed by atoms with Crippen molar-refractivity contribution in [3.8, 4) is 11.5 Å². The molecule has 0 spiro atoms. The van der Waals surface area contributed by atoms with E-state index in [4.69, 9.17) is 9.47 Å². The Labute approximate surface area is 92.7 Å². The second kappa shape index (κ2) is 5.88. The molecule has 86 valence electrons. The van der Waals surface area contributed by atoms with Gasteiger partial charge >= 0.3 is 0 Å². The molecule has 0 amide bonds. The molecular weight excluding hydrogens is 213 g/mol. The molecule has 0 radical (unpaired) electrons. The molecule has 5 heteroatoms. The first-order valence-corrected chi connectivity index (χ1v) is 4.90. The molecular formula is C11H12FNO3. The van der Waals surface area contributed by atoms with E-state index >= 15 is 0 Å². The van der Waals surface area contributed by atoms with Gasteiger partial charge in [0.2, 0.25) is 6.08 Å². The van der Waals surface area contributed by atoms with Gasteiger partial charge in [-0.2, -0.15) is 4.99 Å². The van der Waals surface area contributed by atoms with Crippen LogP contribution in [0.15, 0.2) is 17.1 Å². The quantitative estimate of drug-likeness (QED) is 0.571. The number of hydrogen-bond donors (Lipinski definition) is 0. The van der Waals surface area contributed by atoms with Gasteiger partial charge < -0.3 is 9.47 Å². The predicted molar refractivity (Wildman–Crippen MR) is 56.5 cm³/mol. The Kier molecular flexibility index (Phi) is 4.48. The molecule has 0 aromatic heterocycles. The van der Waals surface area contributed by atoms with Crippen LogP contribution in [0.3, 0.4) is 0 Å². The summed E-state index contributed by atoms with van der Waals surface area (Å²) in [6.45, 7) is 4.21. The number of carbonyl (C=O) groups excluding carboxylic acids is 1. The minimum Gasteiger partial charge on any atom is -0.490 e. The Morgan fingerprint density at radius 3 is 2.56 bits per heavy atom. The van der Waals surface area contributed by atoms with Crippen molar-refractivity contribution >= 4 is 11.8 Å². The number of rotatable bonds is 5. The first-order chi connectivity index (χ1) is 7.74. The molecule has 16 heavy (non-hydrogen) atoms. The molecule has 0 unspecified atom stereocenters. The highest BCUT2D eigenvalue weighted by molar-refractivity contribution is 5.57. The Morgan fingerprint density at radius 2 is 2.00 bits per heavy atom. The van der Waals surface area contributed by atoms with E-state index in [0.29, 0.717) is 19.0 Å². The molecule has 0 aliphatic rings. The zero-order chi connectivity index (χ0) is 12.0. The van der Waals surface area contributed by atoms with Crippen LogP contribution in [0.1, 0.15) is 13.8 Å². The zero-order valence-electron chi connectivity index (χ0n) is 9.12. The summed E-state index contributed by atoms with van der Waals surface area (Å²) in [5.41, 5.74) is -0.109. The monoisotopic (exact) mass is 225 g/mol. The topological polar surface area (TPSA) is 47.9 Å². The van der Waals surface area contributed by atoms with Gasteiger partial charge in [0.05, 0.1) is 13.2 Å². The summed E-state index contributed by atoms with van der Waals surface area (Å²) in [5, 5.41) is 0. The van der Waals surface area contributed by atoms with Crippen molar-refractivity contribution in [2.24, 2.45) is 4.99 Å². The minimum atomic E-state index is -0.712. The first kappa shape index (κ1) is 12.2. The highest BCUT2D eigenvalue weighted by atomic mass is 19.1. The van der Waals surface area contributed by atoms with Crippen LogP contribution >= 0.6 is 0 Å². The average molecular weight is 225 g/mol. The van der Waals surface area contributed by atoms with Crippen molar-refractivity contribution in [1.82, 2.24) is 0 Å². The van der Waals surface area contributed by atoms with Gasteiger partial charge in [-0.3, -0.25) is 0 Å². The fourth-order valence-electron chi connectivity index (χ4n) is 1.21. The SMILES string of the molecule is CCOc1ccc(N=C=O)c(F)c1OCC. The van der Waals surface area contributed by atoms with Crippen molar-refractivity contribution in [3.05, 3.63) is 17.9 Å². The summed E-state index contributed by atoms with van der Waals surface area (Å²) in [5.74, 6) is -0.441. The highest BCUT2D eigenvalue weighted by Gasteiger charge is 2.15. The fraction of sp³-hybridized carbons (Fsp3) is 0.364. The van der Waals surface area contributed by atoms with E-state index in [1.807, 2.05) is 0 Å². The van der Waals surface area contributed by atoms with E-state index in [9.17, 15) is 9.18 Å². The number of halogens is 1. The predicted octanol–water partition coefficient (Wildman–Crippen LogP) is 2.59. The van der Waals surface area contributed by atoms with Crippen molar-refractivity contribution in [2.45, 2.75) is 13.8 Å². The van der Waals surface area contributed by atoms with Gasteiger partial charge in [0, 0.05) is 0 Å². The van der Waals surface area contributed by atoms with Gasteiger partial charge in [-0.1, -0.05) is 0 Å². The second-order valence-electron chi connectivity index (χ2n) is 2.80. The van der Waals surface area contributed by atoms with Gasteiger partial charge in [-0.25, -0.2) is 9.18 Å². The summed E-state index contributed by atoms with van der Waals surface area (Å²) in [4.78, 5) is 13.3. The summed E-state index contributed by atoms with van der Waals surface area (Å²) in [6, 6.07) is 2.85. The average Bonchev–Trinajstić information content (AvgIpc) is 2.28. The lowest BCUT2D eigenvalue weighted by atomic mass is 10.2. The Morgan fingerprint density at radius 1 is 1.31 bits per heavy atom. The Balaban J connectivity index is 3.22. The van der Waals surface area contributed by atoms with Gasteiger partial charge in [-0.05, 0) is 26.0 Å². The molecule has 0 N–H and O–H groups in total. The molecule has 1 rings (SSSR count). The molecule has 1 aromatic rings. The van der Waals surface area contributed by atoms with E-state index in [-0.39, 0.29) is 11.4 Å². The number of aliphatic imine (C=N–C) groups is 1. The molecule has 0 aliphatic heterocycles. The largest absolute Gasteiger partial charge is 0.490 e. The molecule has 0 saturated carbocycles. The van der Waals surface area contributed by atoms with Gasteiger partial charge in [0.15, 0.2) is 17.3 Å². The van der Waals surface area contributed by atoms with Crippen LogP contribution in [-0.4, -0.2) is 19.3 Å². The summed E-state index contributed by atoms with van der Waals surface area (Å²) >= 11 is 0. The van der Waals surface area contributed by atoms with Crippen molar-refractivity contribution in [3.63, 3.8) is 0 Å². The summed E-state index contributed by atoms with van der Waals surface area (Å²) in [6.07, 6.45) is 1.28. The lowest BCUT2D eigenvalue weighted by Crippen LogP contribution is -2.00. The Hall–Kier alpha value is -1.87. The van der Waals surface area contributed by atoms with Crippen molar-refractivity contribution in [2.75, 3.05) is 13.2 Å². The number of nitrogens with zero attached hydrogens (tertiary/aromatic N) is 1. The zero-order valence-corrected chi connectivity index (χ0v) is 9.12. The first-order valence-electron chi connectivity index (χ1n) is 4.90. The maximum atomic E-state index is 13.8. The maximum Gasteiger partial charge on any atom is 0.240 e. The lowest BCUT2D eigenvalue weighted by molar-refractivity contribution is 0.276. The van der Waals surface area contributed by atoms with Crippen LogP contribution in [0.25, 0.3) is 0 Å². The van der Waals surface area contributed by atoms with Crippen LogP contribution in [0.4, 0.5) is 10.1 Å². The molecule has 0 heterocycles. The normalized spacial score (nSPS) is 9.44. The third kappa shape index (κ3) is 2.58. The van der Waals surface area contributed by atoms with Gasteiger partial charge in [0.25, 0.3) is 0 Å². The van der Waals surface area contributed by atoms with Gasteiger partial charge in [-0.15, -0.1) is 0 Å². The van der Waals surface area contributed by atoms with Crippen molar-refractivity contribution < 1.29 is 18.7 Å².